The molecule has 5 rings (SSSR count). The molecule has 1 aliphatic heterocycles. The number of fused-ring (bicyclic) bond motifs is 1. The van der Waals surface area contributed by atoms with E-state index in [1.807, 2.05) is 24.3 Å². The molecule has 1 heterocycles. The Balaban J connectivity index is 1.58. The lowest BCUT2D eigenvalue weighted by Gasteiger charge is -2.38. The molecule has 114 valence electrons. The van der Waals surface area contributed by atoms with Crippen LogP contribution in [0.5, 0.6) is 5.75 Å². The zero-order valence-electron chi connectivity index (χ0n) is 12.6. The predicted molar refractivity (Wildman–Crippen MR) is 80.9 cm³/mol. The number of ether oxygens (including phenoxy) is 1. The van der Waals surface area contributed by atoms with Gasteiger partial charge >= 0.3 is 0 Å². The summed E-state index contributed by atoms with van der Waals surface area (Å²) in [5.41, 5.74) is 0.960. The summed E-state index contributed by atoms with van der Waals surface area (Å²) in [6, 6.07) is 7.54. The summed E-state index contributed by atoms with van der Waals surface area (Å²) < 4.78 is 5.14. The Kier molecular flexibility index (Phi) is 3.06. The van der Waals surface area contributed by atoms with Crippen molar-refractivity contribution in [2.75, 3.05) is 7.11 Å². The third-order valence-electron chi connectivity index (χ3n) is 5.35. The van der Waals surface area contributed by atoms with Crippen LogP contribution >= 0.6 is 0 Å². The van der Waals surface area contributed by atoms with E-state index in [4.69, 9.17) is 4.74 Å². The molecular weight excluding hydrogens is 278 g/mol. The Labute approximate surface area is 129 Å². The minimum Gasteiger partial charge on any atom is -0.497 e. The molecule has 1 saturated heterocycles. The minimum absolute atomic E-state index is 0.0184. The summed E-state index contributed by atoms with van der Waals surface area (Å²) in [7, 11) is 1.62. The molecule has 2 bridgehead atoms. The first-order valence-electron chi connectivity index (χ1n) is 7.85. The lowest BCUT2D eigenvalue weighted by molar-refractivity contribution is -0.140. The number of methoxy groups -OCH3 is 1. The number of hydrogen-bond acceptors (Lipinski definition) is 3. The molecule has 0 aromatic heterocycles. The maximum Gasteiger partial charge on any atom is 0.234 e. The van der Waals surface area contributed by atoms with Crippen LogP contribution in [0.2, 0.25) is 0 Å². The normalized spacial score (nSPS) is 32.5. The van der Waals surface area contributed by atoms with Gasteiger partial charge in [0.05, 0.1) is 25.5 Å². The van der Waals surface area contributed by atoms with Gasteiger partial charge < -0.3 is 4.74 Å². The predicted octanol–water partition coefficient (Wildman–Crippen LogP) is 2.39. The molecule has 4 aliphatic rings. The van der Waals surface area contributed by atoms with Crippen LogP contribution in [0.3, 0.4) is 0 Å². The van der Waals surface area contributed by atoms with Crippen molar-refractivity contribution in [1.82, 2.24) is 4.90 Å². The number of allylic oxidation sites excluding steroid dienone is 2. The van der Waals surface area contributed by atoms with Gasteiger partial charge in [-0.2, -0.15) is 0 Å². The van der Waals surface area contributed by atoms with Gasteiger partial charge in [0.1, 0.15) is 5.75 Å². The van der Waals surface area contributed by atoms with Gasteiger partial charge in [0.15, 0.2) is 0 Å². The van der Waals surface area contributed by atoms with Crippen molar-refractivity contribution in [2.24, 2.45) is 23.7 Å². The summed E-state index contributed by atoms with van der Waals surface area (Å²) in [5.74, 6) is 1.09. The van der Waals surface area contributed by atoms with Crippen molar-refractivity contribution in [2.45, 2.75) is 19.4 Å². The van der Waals surface area contributed by atoms with Gasteiger partial charge in [-0.3, -0.25) is 14.5 Å². The van der Waals surface area contributed by atoms with E-state index >= 15 is 0 Å². The third kappa shape index (κ3) is 1.90. The van der Waals surface area contributed by atoms with Crippen LogP contribution in [0.1, 0.15) is 18.4 Å². The average molecular weight is 297 g/mol. The second-order valence-electron chi connectivity index (χ2n) is 6.45. The zero-order chi connectivity index (χ0) is 15.3. The number of carbonyl (C=O) groups is 2. The van der Waals surface area contributed by atoms with E-state index in [2.05, 4.69) is 12.2 Å². The number of rotatable bonds is 3. The van der Waals surface area contributed by atoms with E-state index in [1.165, 1.54) is 4.90 Å². The summed E-state index contributed by atoms with van der Waals surface area (Å²) in [4.78, 5) is 26.9. The second-order valence-corrected chi connectivity index (χ2v) is 6.45. The topological polar surface area (TPSA) is 46.6 Å². The number of carbonyl (C=O) groups excluding carboxylic acids is 2. The molecule has 4 nitrogen and oxygen atoms in total. The van der Waals surface area contributed by atoms with Crippen LogP contribution in [0.4, 0.5) is 0 Å². The molecule has 0 spiro atoms. The number of benzene rings is 1. The van der Waals surface area contributed by atoms with Crippen LogP contribution in [0.25, 0.3) is 0 Å². The molecule has 4 atom stereocenters. The highest BCUT2D eigenvalue weighted by Gasteiger charge is 2.56. The Morgan fingerprint density at radius 2 is 1.55 bits per heavy atom. The van der Waals surface area contributed by atoms with E-state index in [0.717, 1.165) is 24.2 Å². The van der Waals surface area contributed by atoms with Crippen LogP contribution < -0.4 is 4.74 Å². The van der Waals surface area contributed by atoms with Gasteiger partial charge in [-0.1, -0.05) is 24.3 Å². The molecule has 0 radical (unpaired) electrons. The lowest BCUT2D eigenvalue weighted by atomic mass is 9.63. The van der Waals surface area contributed by atoms with Gasteiger partial charge in [-0.15, -0.1) is 0 Å². The average Bonchev–Trinajstić information content (AvgIpc) is 2.84. The number of imide groups is 1. The van der Waals surface area contributed by atoms with Crippen molar-refractivity contribution in [3.8, 4) is 5.75 Å². The zero-order valence-corrected chi connectivity index (χ0v) is 12.6. The van der Waals surface area contributed by atoms with Crippen molar-refractivity contribution >= 4 is 11.8 Å². The molecule has 22 heavy (non-hydrogen) atoms. The standard InChI is InChI=1S/C18H19NO3/c1-22-14-8-2-11(3-9-14)10-19-17(20)15-12-4-5-13(7-6-12)16(15)18(19)21/h2-5,8-9,12-13,15-16H,6-7,10H2,1H3/t12?,13?,15-,16+. The van der Waals surface area contributed by atoms with Gasteiger partial charge in [0.2, 0.25) is 11.8 Å². The van der Waals surface area contributed by atoms with Crippen LogP contribution in [-0.4, -0.2) is 23.8 Å². The second kappa shape index (κ2) is 4.97. The number of nitrogens with zero attached hydrogens (tertiary/aromatic N) is 1. The highest BCUT2D eigenvalue weighted by molar-refractivity contribution is 6.06. The first-order valence-corrected chi connectivity index (χ1v) is 7.85. The van der Waals surface area contributed by atoms with Crippen LogP contribution in [0.15, 0.2) is 36.4 Å². The molecule has 1 aromatic carbocycles. The highest BCUT2D eigenvalue weighted by Crippen LogP contribution is 2.49. The number of amides is 2. The van der Waals surface area contributed by atoms with Gasteiger partial charge in [0, 0.05) is 0 Å². The molecule has 2 fully saturated rings. The SMILES string of the molecule is COc1ccc(CN2C(=O)[C@@H]3C4C=CC(CC4)[C@@H]3C2=O)cc1. The number of likely N-dealkylation sites (tertiary alicyclic amines) is 1. The molecule has 4 heteroatoms. The Morgan fingerprint density at radius 1 is 1.00 bits per heavy atom. The van der Waals surface area contributed by atoms with E-state index in [1.54, 1.807) is 7.11 Å². The monoisotopic (exact) mass is 297 g/mol. The fourth-order valence-corrected chi connectivity index (χ4v) is 4.21. The quantitative estimate of drug-likeness (QED) is 0.636. The molecule has 1 aromatic rings. The van der Waals surface area contributed by atoms with Gasteiger partial charge in [0.25, 0.3) is 0 Å². The van der Waals surface area contributed by atoms with E-state index in [0.29, 0.717) is 6.54 Å². The number of hydrogen-bond donors (Lipinski definition) is 0. The summed E-state index contributed by atoms with van der Waals surface area (Å²) in [5, 5.41) is 0. The van der Waals surface area contributed by atoms with Crippen LogP contribution in [0, 0.1) is 23.7 Å². The molecular formula is C18H19NO3. The first-order chi connectivity index (χ1) is 10.7. The molecule has 2 amide bonds. The summed E-state index contributed by atoms with van der Waals surface area (Å²) >= 11 is 0. The van der Waals surface area contributed by atoms with E-state index < -0.39 is 0 Å². The third-order valence-corrected chi connectivity index (χ3v) is 5.35. The highest BCUT2D eigenvalue weighted by atomic mass is 16.5. The van der Waals surface area contributed by atoms with Crippen molar-refractivity contribution in [3.63, 3.8) is 0 Å². The maximum absolute atomic E-state index is 12.7. The largest absolute Gasteiger partial charge is 0.497 e. The maximum atomic E-state index is 12.7. The fraction of sp³-hybridized carbons (Fsp3) is 0.444. The fourth-order valence-electron chi connectivity index (χ4n) is 4.21. The smallest absolute Gasteiger partial charge is 0.234 e. The van der Waals surface area contributed by atoms with Crippen molar-refractivity contribution < 1.29 is 14.3 Å². The first kappa shape index (κ1) is 13.6. The summed E-state index contributed by atoms with van der Waals surface area (Å²) in [6.45, 7) is 0.369. The molecule has 0 N–H and O–H groups in total. The molecule has 2 unspecified atom stereocenters. The van der Waals surface area contributed by atoms with E-state index in [-0.39, 0.29) is 35.5 Å². The van der Waals surface area contributed by atoms with Gasteiger partial charge in [-0.05, 0) is 42.4 Å². The summed E-state index contributed by atoms with van der Waals surface area (Å²) in [6.07, 6.45) is 6.38. The van der Waals surface area contributed by atoms with Gasteiger partial charge in [-0.25, -0.2) is 0 Å². The van der Waals surface area contributed by atoms with E-state index in [9.17, 15) is 9.59 Å². The van der Waals surface area contributed by atoms with Crippen molar-refractivity contribution in [3.05, 3.63) is 42.0 Å². The Bertz CT molecular complexity index is 617. The Hall–Kier alpha value is -2.10. The Morgan fingerprint density at radius 3 is 2.00 bits per heavy atom. The van der Waals surface area contributed by atoms with Crippen molar-refractivity contribution in [1.29, 1.82) is 0 Å². The van der Waals surface area contributed by atoms with Crippen LogP contribution in [-0.2, 0) is 16.1 Å². The minimum atomic E-state index is -0.116. The lowest BCUT2D eigenvalue weighted by Crippen LogP contribution is -2.38. The molecule has 3 aliphatic carbocycles. The molecule has 1 saturated carbocycles.